The van der Waals surface area contributed by atoms with Crippen molar-refractivity contribution in [3.05, 3.63) is 47.7 Å². The summed E-state index contributed by atoms with van der Waals surface area (Å²) < 4.78 is 40.5. The summed E-state index contributed by atoms with van der Waals surface area (Å²) in [5.41, 5.74) is 3.51. The lowest BCUT2D eigenvalue weighted by atomic mass is 9.85. The molecule has 1 aliphatic carbocycles. The molecule has 0 N–H and O–H groups in total. The fraction of sp³-hybridized carbons (Fsp3) is 0.520. The first kappa shape index (κ1) is 22.3. The quantitative estimate of drug-likeness (QED) is 0.557. The third-order valence-electron chi connectivity index (χ3n) is 7.67. The molecular formula is C25H27F3N6O. The van der Waals surface area contributed by atoms with Gasteiger partial charge in [0.1, 0.15) is 0 Å². The van der Waals surface area contributed by atoms with Gasteiger partial charge in [-0.15, -0.1) is 10.2 Å². The summed E-state index contributed by atoms with van der Waals surface area (Å²) >= 11 is 0. The van der Waals surface area contributed by atoms with Gasteiger partial charge in [-0.25, -0.2) is 0 Å². The number of pyridine rings is 1. The minimum Gasteiger partial charge on any atom is -0.371 e. The van der Waals surface area contributed by atoms with Gasteiger partial charge in [0, 0.05) is 49.4 Å². The third-order valence-corrected chi connectivity index (χ3v) is 7.67. The number of rotatable bonds is 3. The van der Waals surface area contributed by atoms with Gasteiger partial charge >= 0.3 is 6.18 Å². The van der Waals surface area contributed by atoms with E-state index in [1.54, 1.807) is 4.90 Å². The summed E-state index contributed by atoms with van der Waals surface area (Å²) in [6, 6.07) is 8.63. The Morgan fingerprint density at radius 3 is 2.63 bits per heavy atom. The van der Waals surface area contributed by atoms with Crippen molar-refractivity contribution in [1.82, 2.24) is 24.6 Å². The van der Waals surface area contributed by atoms with Crippen molar-refractivity contribution in [3.63, 3.8) is 0 Å². The normalized spacial score (nSPS) is 23.0. The largest absolute Gasteiger partial charge is 0.451 e. The maximum atomic E-state index is 13.4. The molecule has 1 saturated heterocycles. The molecule has 0 bridgehead atoms. The zero-order valence-corrected chi connectivity index (χ0v) is 19.5. The van der Waals surface area contributed by atoms with Crippen LogP contribution in [0.1, 0.15) is 49.3 Å². The van der Waals surface area contributed by atoms with Crippen LogP contribution in [0.4, 0.5) is 18.9 Å². The zero-order valence-electron chi connectivity index (χ0n) is 19.5. The van der Waals surface area contributed by atoms with Crippen molar-refractivity contribution in [1.29, 1.82) is 0 Å². The van der Waals surface area contributed by atoms with E-state index in [0.29, 0.717) is 12.3 Å². The predicted molar refractivity (Wildman–Crippen MR) is 124 cm³/mol. The Balaban J connectivity index is 1.16. The van der Waals surface area contributed by atoms with Gasteiger partial charge in [0.25, 0.3) is 0 Å². The number of hydrogen-bond acceptors (Lipinski definition) is 5. The molecule has 35 heavy (non-hydrogen) atoms. The molecular weight excluding hydrogens is 457 g/mol. The number of anilines is 1. The summed E-state index contributed by atoms with van der Waals surface area (Å²) in [6.45, 7) is 3.92. The van der Waals surface area contributed by atoms with E-state index in [4.69, 9.17) is 0 Å². The SMILES string of the molecule is C[C@@H]1CN(c2ccnc3cc(C4CC4)ccc23)CC[C@@H]1C(=O)N1CCn2c(nnc2C(F)(F)F)C1. The molecule has 2 atom stereocenters. The number of hydrogen-bond donors (Lipinski definition) is 0. The monoisotopic (exact) mass is 484 g/mol. The molecule has 1 saturated carbocycles. The molecule has 10 heteroatoms. The smallest absolute Gasteiger partial charge is 0.371 e. The van der Waals surface area contributed by atoms with E-state index in [1.807, 2.05) is 12.3 Å². The molecule has 0 radical (unpaired) electrons. The lowest BCUT2D eigenvalue weighted by molar-refractivity contribution is -0.148. The van der Waals surface area contributed by atoms with Crippen LogP contribution in [-0.4, -0.2) is 50.2 Å². The highest BCUT2D eigenvalue weighted by Gasteiger charge is 2.41. The van der Waals surface area contributed by atoms with Crippen molar-refractivity contribution < 1.29 is 18.0 Å². The molecule has 4 heterocycles. The Kier molecular flexibility index (Phi) is 5.23. The van der Waals surface area contributed by atoms with E-state index < -0.39 is 12.0 Å². The average Bonchev–Trinajstić information content (AvgIpc) is 3.60. The standard InChI is InChI=1S/C25H27F3N6O/c1-15-13-32(21-6-8-29-20-12-17(16-2-3-16)4-5-19(20)21)9-7-18(15)23(35)33-10-11-34-22(14-33)30-31-24(34)25(26,27)28/h4-6,8,12,15-16,18H,2-3,7,9-11,13-14H2,1H3/t15-,18+/m1/s1. The number of carbonyl (C=O) groups excluding carboxylic acids is 1. The maximum absolute atomic E-state index is 13.4. The van der Waals surface area contributed by atoms with Gasteiger partial charge < -0.3 is 14.4 Å². The van der Waals surface area contributed by atoms with Crippen molar-refractivity contribution in [3.8, 4) is 0 Å². The van der Waals surface area contributed by atoms with E-state index in [9.17, 15) is 18.0 Å². The number of aromatic nitrogens is 4. The lowest BCUT2D eigenvalue weighted by Gasteiger charge is -2.40. The van der Waals surface area contributed by atoms with Crippen LogP contribution in [0.5, 0.6) is 0 Å². The Morgan fingerprint density at radius 1 is 1.06 bits per heavy atom. The molecule has 3 aromatic rings. The number of piperidine rings is 1. The Bertz CT molecular complexity index is 1280. The van der Waals surface area contributed by atoms with Gasteiger partial charge in [-0.05, 0) is 48.8 Å². The predicted octanol–water partition coefficient (Wildman–Crippen LogP) is 4.23. The third kappa shape index (κ3) is 4.02. The molecule has 7 nitrogen and oxygen atoms in total. The Hall–Kier alpha value is -3.17. The molecule has 0 spiro atoms. The van der Waals surface area contributed by atoms with Crippen LogP contribution in [0.2, 0.25) is 0 Å². The maximum Gasteiger partial charge on any atom is 0.451 e. The first-order valence-corrected chi connectivity index (χ1v) is 12.2. The fourth-order valence-corrected chi connectivity index (χ4v) is 5.62. The number of halogens is 3. The van der Waals surface area contributed by atoms with Crippen LogP contribution in [-0.2, 0) is 24.1 Å². The van der Waals surface area contributed by atoms with Crippen LogP contribution in [0.3, 0.4) is 0 Å². The second-order valence-corrected chi connectivity index (χ2v) is 10.0. The number of fused-ring (bicyclic) bond motifs is 2. The first-order valence-electron chi connectivity index (χ1n) is 12.2. The number of benzene rings is 1. The van der Waals surface area contributed by atoms with E-state index in [0.717, 1.165) is 34.2 Å². The highest BCUT2D eigenvalue weighted by atomic mass is 19.4. The molecule has 1 amide bonds. The number of carbonyl (C=O) groups is 1. The Morgan fingerprint density at radius 2 is 1.89 bits per heavy atom. The molecule has 2 aliphatic heterocycles. The first-order chi connectivity index (χ1) is 16.8. The molecule has 3 aliphatic rings. The van der Waals surface area contributed by atoms with Crippen molar-refractivity contribution in [2.75, 3.05) is 24.5 Å². The summed E-state index contributed by atoms with van der Waals surface area (Å²) in [4.78, 5) is 21.9. The van der Waals surface area contributed by atoms with Gasteiger partial charge in [-0.1, -0.05) is 19.1 Å². The number of amides is 1. The van der Waals surface area contributed by atoms with E-state index >= 15 is 0 Å². The second-order valence-electron chi connectivity index (χ2n) is 10.0. The highest BCUT2D eigenvalue weighted by molar-refractivity contribution is 5.92. The molecule has 0 unspecified atom stereocenters. The minimum atomic E-state index is -4.55. The topological polar surface area (TPSA) is 67.2 Å². The van der Waals surface area contributed by atoms with Gasteiger partial charge in [-0.2, -0.15) is 13.2 Å². The highest BCUT2D eigenvalue weighted by Crippen LogP contribution is 2.42. The van der Waals surface area contributed by atoms with E-state index in [2.05, 4.69) is 45.2 Å². The second kappa shape index (κ2) is 8.20. The molecule has 2 fully saturated rings. The Labute approximate surface area is 200 Å². The van der Waals surface area contributed by atoms with Crippen molar-refractivity contribution in [2.45, 2.75) is 51.4 Å². The number of alkyl halides is 3. The van der Waals surface area contributed by atoms with Gasteiger partial charge in [0.15, 0.2) is 5.82 Å². The van der Waals surface area contributed by atoms with E-state index in [-0.39, 0.29) is 43.2 Å². The van der Waals surface area contributed by atoms with Crippen LogP contribution in [0, 0.1) is 11.8 Å². The molecule has 184 valence electrons. The summed E-state index contributed by atoms with van der Waals surface area (Å²) in [5, 5.41) is 8.15. The van der Waals surface area contributed by atoms with Crippen LogP contribution in [0.25, 0.3) is 10.9 Å². The minimum absolute atomic E-state index is 0.00591. The fourth-order valence-electron chi connectivity index (χ4n) is 5.62. The van der Waals surface area contributed by atoms with Gasteiger partial charge in [0.05, 0.1) is 12.1 Å². The van der Waals surface area contributed by atoms with Crippen molar-refractivity contribution >= 4 is 22.5 Å². The van der Waals surface area contributed by atoms with Crippen LogP contribution in [0.15, 0.2) is 30.5 Å². The summed E-state index contributed by atoms with van der Waals surface area (Å²) in [5.74, 6) is -0.192. The average molecular weight is 485 g/mol. The zero-order chi connectivity index (χ0) is 24.3. The van der Waals surface area contributed by atoms with Gasteiger partial charge in [-0.3, -0.25) is 9.78 Å². The molecule has 2 aromatic heterocycles. The van der Waals surface area contributed by atoms with Gasteiger partial charge in [0.2, 0.25) is 11.7 Å². The summed E-state index contributed by atoms with van der Waals surface area (Å²) in [7, 11) is 0. The lowest BCUT2D eigenvalue weighted by Crippen LogP contribution is -2.49. The number of nitrogens with zero attached hydrogens (tertiary/aromatic N) is 6. The summed E-state index contributed by atoms with van der Waals surface area (Å²) in [6.07, 6.45) is 0.512. The van der Waals surface area contributed by atoms with Crippen LogP contribution < -0.4 is 4.90 Å². The van der Waals surface area contributed by atoms with E-state index in [1.165, 1.54) is 18.4 Å². The van der Waals surface area contributed by atoms with Crippen LogP contribution >= 0.6 is 0 Å². The molecule has 6 rings (SSSR count). The molecule has 1 aromatic carbocycles. The van der Waals surface area contributed by atoms with Crippen molar-refractivity contribution in [2.24, 2.45) is 11.8 Å².